The molecule has 0 bridgehead atoms. The SMILES string of the molecule is CC(C(=O)Nc1cc(Cl)ccc1Cl)N1CCCC1c1cccs1. The smallest absolute Gasteiger partial charge is 0.241 e. The van der Waals surface area contributed by atoms with Gasteiger partial charge in [0.25, 0.3) is 0 Å². The summed E-state index contributed by atoms with van der Waals surface area (Å²) in [4.78, 5) is 16.2. The lowest BCUT2D eigenvalue weighted by atomic mass is 10.1. The van der Waals surface area contributed by atoms with Crippen LogP contribution in [0.15, 0.2) is 35.7 Å². The fourth-order valence-electron chi connectivity index (χ4n) is 3.02. The number of carbonyl (C=O) groups excluding carboxylic acids is 1. The highest BCUT2D eigenvalue weighted by Crippen LogP contribution is 2.36. The van der Waals surface area contributed by atoms with Crippen molar-refractivity contribution in [2.45, 2.75) is 31.8 Å². The molecular weight excluding hydrogens is 351 g/mol. The number of likely N-dealkylation sites (tertiary alicyclic amines) is 1. The maximum atomic E-state index is 12.6. The Kier molecular flexibility index (Phi) is 5.27. The van der Waals surface area contributed by atoms with Crippen LogP contribution in [0.3, 0.4) is 0 Å². The summed E-state index contributed by atoms with van der Waals surface area (Å²) in [5, 5.41) is 6.03. The third-order valence-electron chi connectivity index (χ3n) is 4.23. The van der Waals surface area contributed by atoms with Crippen LogP contribution in [-0.4, -0.2) is 23.4 Å². The fraction of sp³-hybridized carbons (Fsp3) is 0.353. The summed E-state index contributed by atoms with van der Waals surface area (Å²) >= 11 is 13.9. The Hall–Kier alpha value is -1.07. The number of hydrogen-bond acceptors (Lipinski definition) is 3. The van der Waals surface area contributed by atoms with Crippen molar-refractivity contribution in [2.24, 2.45) is 0 Å². The first-order valence-electron chi connectivity index (χ1n) is 7.61. The topological polar surface area (TPSA) is 32.3 Å². The second-order valence-electron chi connectivity index (χ2n) is 5.70. The molecule has 0 aliphatic carbocycles. The molecule has 1 saturated heterocycles. The molecule has 3 rings (SSSR count). The van der Waals surface area contributed by atoms with Gasteiger partial charge in [-0.2, -0.15) is 0 Å². The van der Waals surface area contributed by atoms with Crippen LogP contribution in [0.2, 0.25) is 10.0 Å². The summed E-state index contributed by atoms with van der Waals surface area (Å²) < 4.78 is 0. The number of nitrogens with zero attached hydrogens (tertiary/aromatic N) is 1. The second kappa shape index (κ2) is 7.22. The van der Waals surface area contributed by atoms with Crippen LogP contribution in [0, 0.1) is 0 Å². The summed E-state index contributed by atoms with van der Waals surface area (Å²) in [5.74, 6) is -0.0578. The van der Waals surface area contributed by atoms with Gasteiger partial charge in [-0.05, 0) is 56.0 Å². The number of thiophene rings is 1. The lowest BCUT2D eigenvalue weighted by Gasteiger charge is -2.29. The molecule has 1 amide bonds. The van der Waals surface area contributed by atoms with Crippen molar-refractivity contribution in [1.29, 1.82) is 0 Å². The molecule has 2 atom stereocenters. The molecule has 0 radical (unpaired) electrons. The summed E-state index contributed by atoms with van der Waals surface area (Å²) in [6.07, 6.45) is 2.20. The Morgan fingerprint density at radius 1 is 1.39 bits per heavy atom. The van der Waals surface area contributed by atoms with Gasteiger partial charge in [0.1, 0.15) is 0 Å². The molecule has 0 saturated carbocycles. The number of nitrogens with one attached hydrogen (secondary N) is 1. The van der Waals surface area contributed by atoms with Crippen LogP contribution in [0.25, 0.3) is 0 Å². The maximum Gasteiger partial charge on any atom is 0.241 e. The number of rotatable bonds is 4. The molecule has 1 aromatic carbocycles. The molecule has 0 spiro atoms. The molecule has 23 heavy (non-hydrogen) atoms. The first-order chi connectivity index (χ1) is 11.1. The fourth-order valence-corrected chi connectivity index (χ4v) is 4.24. The molecule has 1 aliphatic rings. The number of halogens is 2. The van der Waals surface area contributed by atoms with Crippen molar-refractivity contribution in [3.05, 3.63) is 50.6 Å². The van der Waals surface area contributed by atoms with E-state index < -0.39 is 0 Å². The average molecular weight is 369 g/mol. The lowest BCUT2D eigenvalue weighted by Crippen LogP contribution is -2.41. The minimum Gasteiger partial charge on any atom is -0.323 e. The monoisotopic (exact) mass is 368 g/mol. The Labute approximate surface area is 150 Å². The third kappa shape index (κ3) is 3.72. The molecule has 2 aromatic rings. The van der Waals surface area contributed by atoms with Crippen molar-refractivity contribution in [3.8, 4) is 0 Å². The van der Waals surface area contributed by atoms with E-state index in [-0.39, 0.29) is 11.9 Å². The van der Waals surface area contributed by atoms with Crippen LogP contribution in [-0.2, 0) is 4.79 Å². The Bertz CT molecular complexity index is 690. The molecule has 122 valence electrons. The highest BCUT2D eigenvalue weighted by Gasteiger charge is 2.33. The normalized spacial score (nSPS) is 19.7. The first-order valence-corrected chi connectivity index (χ1v) is 9.25. The summed E-state index contributed by atoms with van der Waals surface area (Å²) in [6, 6.07) is 9.38. The first kappa shape index (κ1) is 16.8. The average Bonchev–Trinajstić information content (AvgIpc) is 3.20. The molecular formula is C17H18Cl2N2OS. The lowest BCUT2D eigenvalue weighted by molar-refractivity contribution is -0.121. The van der Waals surface area contributed by atoms with Gasteiger partial charge in [-0.3, -0.25) is 9.69 Å². The van der Waals surface area contributed by atoms with E-state index in [1.807, 2.05) is 6.92 Å². The molecule has 2 unspecified atom stereocenters. The van der Waals surface area contributed by atoms with E-state index in [9.17, 15) is 4.79 Å². The number of benzene rings is 1. The van der Waals surface area contributed by atoms with E-state index in [2.05, 4.69) is 27.7 Å². The maximum absolute atomic E-state index is 12.6. The highest BCUT2D eigenvalue weighted by atomic mass is 35.5. The van der Waals surface area contributed by atoms with Gasteiger partial charge >= 0.3 is 0 Å². The van der Waals surface area contributed by atoms with Gasteiger partial charge < -0.3 is 5.32 Å². The van der Waals surface area contributed by atoms with Gasteiger partial charge in [-0.1, -0.05) is 29.3 Å². The van der Waals surface area contributed by atoms with Crippen LogP contribution in [0.4, 0.5) is 5.69 Å². The molecule has 6 heteroatoms. The molecule has 1 aliphatic heterocycles. The predicted molar refractivity (Wildman–Crippen MR) is 97.6 cm³/mol. The van der Waals surface area contributed by atoms with E-state index in [0.717, 1.165) is 19.4 Å². The number of hydrogen-bond donors (Lipinski definition) is 1. The van der Waals surface area contributed by atoms with E-state index in [0.29, 0.717) is 21.8 Å². The minimum absolute atomic E-state index is 0.0578. The number of anilines is 1. The van der Waals surface area contributed by atoms with Crippen molar-refractivity contribution in [3.63, 3.8) is 0 Å². The molecule has 1 aromatic heterocycles. The standard InChI is InChI=1S/C17H18Cl2N2OS/c1-11(17(22)20-14-10-12(18)6-7-13(14)19)21-8-2-4-15(21)16-5-3-9-23-16/h3,5-7,9-11,15H,2,4,8H2,1H3,(H,20,22). The summed E-state index contributed by atoms with van der Waals surface area (Å²) in [6.45, 7) is 2.88. The van der Waals surface area contributed by atoms with Crippen molar-refractivity contribution in [1.82, 2.24) is 4.90 Å². The van der Waals surface area contributed by atoms with E-state index in [4.69, 9.17) is 23.2 Å². The van der Waals surface area contributed by atoms with Crippen molar-refractivity contribution < 1.29 is 4.79 Å². The van der Waals surface area contributed by atoms with Crippen LogP contribution in [0.1, 0.15) is 30.7 Å². The number of carbonyl (C=O) groups is 1. The molecule has 1 N–H and O–H groups in total. The van der Waals surface area contributed by atoms with E-state index in [1.54, 1.807) is 29.5 Å². The van der Waals surface area contributed by atoms with E-state index in [1.165, 1.54) is 4.88 Å². The quantitative estimate of drug-likeness (QED) is 0.802. The van der Waals surface area contributed by atoms with E-state index >= 15 is 0 Å². The van der Waals surface area contributed by atoms with Crippen LogP contribution < -0.4 is 5.32 Å². The summed E-state index contributed by atoms with van der Waals surface area (Å²) in [5.41, 5.74) is 0.558. The Balaban J connectivity index is 1.73. The van der Waals surface area contributed by atoms with Crippen molar-refractivity contribution >= 4 is 46.1 Å². The van der Waals surface area contributed by atoms with Gasteiger partial charge in [0.15, 0.2) is 0 Å². The Morgan fingerprint density at radius 2 is 2.22 bits per heavy atom. The zero-order valence-electron chi connectivity index (χ0n) is 12.8. The van der Waals surface area contributed by atoms with Gasteiger partial charge in [0, 0.05) is 15.9 Å². The highest BCUT2D eigenvalue weighted by molar-refractivity contribution is 7.10. The summed E-state index contributed by atoms with van der Waals surface area (Å²) in [7, 11) is 0. The molecule has 3 nitrogen and oxygen atoms in total. The zero-order valence-corrected chi connectivity index (χ0v) is 15.1. The van der Waals surface area contributed by atoms with Gasteiger partial charge in [-0.15, -0.1) is 11.3 Å². The van der Waals surface area contributed by atoms with Gasteiger partial charge in [0.2, 0.25) is 5.91 Å². The largest absolute Gasteiger partial charge is 0.323 e. The molecule has 2 heterocycles. The second-order valence-corrected chi connectivity index (χ2v) is 7.52. The third-order valence-corrected chi connectivity index (χ3v) is 5.77. The van der Waals surface area contributed by atoms with Gasteiger partial charge in [-0.25, -0.2) is 0 Å². The minimum atomic E-state index is -0.223. The van der Waals surface area contributed by atoms with Gasteiger partial charge in [0.05, 0.1) is 16.8 Å². The zero-order chi connectivity index (χ0) is 16.4. The van der Waals surface area contributed by atoms with Crippen LogP contribution >= 0.6 is 34.5 Å². The predicted octanol–water partition coefficient (Wildman–Crippen LogP) is 5.22. The van der Waals surface area contributed by atoms with Crippen molar-refractivity contribution in [2.75, 3.05) is 11.9 Å². The number of amides is 1. The molecule has 1 fully saturated rings. The van der Waals surface area contributed by atoms with Crippen LogP contribution in [0.5, 0.6) is 0 Å². The Morgan fingerprint density at radius 3 is 2.96 bits per heavy atom.